The molecule has 2 heterocycles. The first kappa shape index (κ1) is 12.6. The lowest BCUT2D eigenvalue weighted by atomic mass is 9.98. The van der Waals surface area contributed by atoms with E-state index in [0.717, 1.165) is 32.2 Å². The molecule has 17 heavy (non-hydrogen) atoms. The van der Waals surface area contributed by atoms with E-state index in [1.54, 1.807) is 0 Å². The van der Waals surface area contributed by atoms with Gasteiger partial charge in [-0.25, -0.2) is 9.37 Å². The molecular formula is C13H18ClFN2. The Kier molecular flexibility index (Phi) is 4.21. The van der Waals surface area contributed by atoms with Crippen LogP contribution in [-0.4, -0.2) is 17.6 Å². The molecule has 0 aliphatic carbocycles. The number of pyridine rings is 1. The van der Waals surface area contributed by atoms with Crippen molar-refractivity contribution in [2.24, 2.45) is 0 Å². The maximum atomic E-state index is 13.9. The Balaban J connectivity index is 2.23. The zero-order valence-electron chi connectivity index (χ0n) is 10.1. The number of aromatic nitrogens is 1. The fourth-order valence-electron chi connectivity index (χ4n) is 2.53. The smallest absolute Gasteiger partial charge is 0.167 e. The number of anilines is 1. The summed E-state index contributed by atoms with van der Waals surface area (Å²) < 4.78 is 13.9. The molecule has 2 nitrogen and oxygen atoms in total. The number of rotatable bonds is 3. The minimum atomic E-state index is -0.305. The highest BCUT2D eigenvalue weighted by molar-refractivity contribution is 6.30. The first-order chi connectivity index (χ1) is 8.22. The van der Waals surface area contributed by atoms with Crippen LogP contribution in [0.25, 0.3) is 0 Å². The standard InChI is InChI=1S/C13H18ClFN2/c1-2-5-11-6-3-4-7-17(11)13-12(15)8-10(14)9-16-13/h8-9,11H,2-7H2,1H3. The van der Waals surface area contributed by atoms with Crippen LogP contribution in [0.2, 0.25) is 5.02 Å². The fourth-order valence-corrected chi connectivity index (χ4v) is 2.68. The average molecular weight is 257 g/mol. The molecule has 1 fully saturated rings. The van der Waals surface area contributed by atoms with Crippen molar-refractivity contribution in [1.29, 1.82) is 0 Å². The van der Waals surface area contributed by atoms with E-state index in [-0.39, 0.29) is 5.82 Å². The lowest BCUT2D eigenvalue weighted by molar-refractivity contribution is 0.425. The highest BCUT2D eigenvalue weighted by Crippen LogP contribution is 2.28. The van der Waals surface area contributed by atoms with E-state index in [9.17, 15) is 4.39 Å². The molecule has 4 heteroatoms. The lowest BCUT2D eigenvalue weighted by Gasteiger charge is -2.36. The van der Waals surface area contributed by atoms with Gasteiger partial charge in [0.25, 0.3) is 0 Å². The lowest BCUT2D eigenvalue weighted by Crippen LogP contribution is -2.40. The molecule has 0 radical (unpaired) electrons. The third kappa shape index (κ3) is 2.89. The minimum Gasteiger partial charge on any atom is -0.351 e. The summed E-state index contributed by atoms with van der Waals surface area (Å²) in [4.78, 5) is 6.26. The second-order valence-electron chi connectivity index (χ2n) is 4.59. The van der Waals surface area contributed by atoms with E-state index in [4.69, 9.17) is 11.6 Å². The number of hydrogen-bond acceptors (Lipinski definition) is 2. The van der Waals surface area contributed by atoms with Crippen LogP contribution >= 0.6 is 11.6 Å². The van der Waals surface area contributed by atoms with E-state index in [0.29, 0.717) is 16.9 Å². The number of halogens is 2. The summed E-state index contributed by atoms with van der Waals surface area (Å²) in [6, 6.07) is 1.78. The monoisotopic (exact) mass is 256 g/mol. The Morgan fingerprint density at radius 3 is 3.06 bits per heavy atom. The SMILES string of the molecule is CCCC1CCCCN1c1ncc(Cl)cc1F. The molecule has 0 bridgehead atoms. The second-order valence-corrected chi connectivity index (χ2v) is 5.03. The van der Waals surface area contributed by atoms with Gasteiger partial charge in [-0.15, -0.1) is 0 Å². The molecular weight excluding hydrogens is 239 g/mol. The van der Waals surface area contributed by atoms with E-state index in [1.807, 2.05) is 0 Å². The summed E-state index contributed by atoms with van der Waals surface area (Å²) in [6.45, 7) is 3.06. The molecule has 94 valence electrons. The van der Waals surface area contributed by atoms with Crippen molar-refractivity contribution in [2.75, 3.05) is 11.4 Å². The van der Waals surface area contributed by atoms with Crippen molar-refractivity contribution in [3.8, 4) is 0 Å². The van der Waals surface area contributed by atoms with Gasteiger partial charge in [-0.2, -0.15) is 0 Å². The topological polar surface area (TPSA) is 16.1 Å². The van der Waals surface area contributed by atoms with E-state index in [2.05, 4.69) is 16.8 Å². The van der Waals surface area contributed by atoms with Crippen LogP contribution in [0.1, 0.15) is 39.0 Å². The summed E-state index contributed by atoms with van der Waals surface area (Å²) in [5, 5.41) is 0.357. The zero-order valence-corrected chi connectivity index (χ0v) is 10.9. The average Bonchev–Trinajstić information content (AvgIpc) is 2.31. The molecule has 0 spiro atoms. The number of hydrogen-bond donors (Lipinski definition) is 0. The van der Waals surface area contributed by atoms with Crippen LogP contribution in [0.5, 0.6) is 0 Å². The second kappa shape index (κ2) is 5.67. The predicted molar refractivity (Wildman–Crippen MR) is 69.1 cm³/mol. The molecule has 1 aromatic heterocycles. The van der Waals surface area contributed by atoms with Gasteiger partial charge in [0.15, 0.2) is 11.6 Å². The highest BCUT2D eigenvalue weighted by atomic mass is 35.5. The summed E-state index contributed by atoms with van der Waals surface area (Å²) in [6.07, 6.45) is 7.23. The van der Waals surface area contributed by atoms with Gasteiger partial charge >= 0.3 is 0 Å². The fraction of sp³-hybridized carbons (Fsp3) is 0.615. The molecule has 1 aliphatic heterocycles. The Hall–Kier alpha value is -0.830. The molecule has 0 saturated carbocycles. The molecule has 0 amide bonds. The number of piperidine rings is 1. The Labute approximate surface area is 107 Å². The van der Waals surface area contributed by atoms with Gasteiger partial charge in [0, 0.05) is 18.8 Å². The van der Waals surface area contributed by atoms with Crippen molar-refractivity contribution in [2.45, 2.75) is 45.1 Å². The molecule has 1 atom stereocenters. The summed E-state index contributed by atoms with van der Waals surface area (Å²) in [5.74, 6) is 0.160. The van der Waals surface area contributed by atoms with Gasteiger partial charge in [-0.05, 0) is 31.7 Å². The van der Waals surface area contributed by atoms with Crippen LogP contribution in [-0.2, 0) is 0 Å². The summed E-state index contributed by atoms with van der Waals surface area (Å²) in [5.41, 5.74) is 0. The molecule has 0 N–H and O–H groups in total. The summed E-state index contributed by atoms with van der Waals surface area (Å²) in [7, 11) is 0. The van der Waals surface area contributed by atoms with Crippen LogP contribution < -0.4 is 4.90 Å². The van der Waals surface area contributed by atoms with E-state index in [1.165, 1.54) is 18.7 Å². The van der Waals surface area contributed by atoms with Crippen molar-refractivity contribution in [1.82, 2.24) is 4.98 Å². The van der Waals surface area contributed by atoms with Gasteiger partial charge in [0.2, 0.25) is 0 Å². The largest absolute Gasteiger partial charge is 0.351 e. The molecule has 1 unspecified atom stereocenters. The maximum absolute atomic E-state index is 13.9. The van der Waals surface area contributed by atoms with Gasteiger partial charge in [-0.3, -0.25) is 0 Å². The quantitative estimate of drug-likeness (QED) is 0.812. The maximum Gasteiger partial charge on any atom is 0.167 e. The van der Waals surface area contributed by atoms with Crippen molar-refractivity contribution < 1.29 is 4.39 Å². The van der Waals surface area contributed by atoms with Crippen molar-refractivity contribution in [3.63, 3.8) is 0 Å². The van der Waals surface area contributed by atoms with Crippen molar-refractivity contribution in [3.05, 3.63) is 23.1 Å². The van der Waals surface area contributed by atoms with Crippen LogP contribution in [0.4, 0.5) is 10.2 Å². The molecule has 1 aromatic rings. The Bertz CT molecular complexity index is 382. The van der Waals surface area contributed by atoms with Crippen LogP contribution in [0.15, 0.2) is 12.3 Å². The molecule has 1 saturated heterocycles. The first-order valence-electron chi connectivity index (χ1n) is 6.30. The highest BCUT2D eigenvalue weighted by Gasteiger charge is 2.25. The summed E-state index contributed by atoms with van der Waals surface area (Å²) >= 11 is 5.73. The van der Waals surface area contributed by atoms with Gasteiger partial charge in [0.1, 0.15) is 0 Å². The molecule has 1 aliphatic rings. The minimum absolute atomic E-state index is 0.305. The molecule has 0 aromatic carbocycles. The Morgan fingerprint density at radius 1 is 1.53 bits per heavy atom. The van der Waals surface area contributed by atoms with E-state index >= 15 is 0 Å². The van der Waals surface area contributed by atoms with Gasteiger partial charge in [0.05, 0.1) is 5.02 Å². The normalized spacial score (nSPS) is 20.6. The predicted octanol–water partition coefficient (Wildman–Crippen LogP) is 4.03. The molecule has 2 rings (SSSR count). The van der Waals surface area contributed by atoms with Crippen LogP contribution in [0, 0.1) is 5.82 Å². The third-order valence-corrected chi connectivity index (χ3v) is 3.52. The third-order valence-electron chi connectivity index (χ3n) is 3.31. The Morgan fingerprint density at radius 2 is 2.35 bits per heavy atom. The number of nitrogens with zero attached hydrogens (tertiary/aromatic N) is 2. The van der Waals surface area contributed by atoms with Crippen LogP contribution in [0.3, 0.4) is 0 Å². The van der Waals surface area contributed by atoms with Gasteiger partial charge in [-0.1, -0.05) is 24.9 Å². The zero-order chi connectivity index (χ0) is 12.3. The van der Waals surface area contributed by atoms with Crippen molar-refractivity contribution >= 4 is 17.4 Å². The first-order valence-corrected chi connectivity index (χ1v) is 6.68. The van der Waals surface area contributed by atoms with Gasteiger partial charge < -0.3 is 4.90 Å². The van der Waals surface area contributed by atoms with E-state index < -0.39 is 0 Å².